The number of hydrogen-bond acceptors (Lipinski definition) is 4. The Morgan fingerprint density at radius 3 is 2.47 bits per heavy atom. The lowest BCUT2D eigenvalue weighted by Gasteiger charge is -2.33. The fraction of sp³-hybridized carbons (Fsp3) is 0.400. The highest BCUT2D eigenvalue weighted by Gasteiger charge is 2.41. The minimum atomic E-state index is -4.62. The van der Waals surface area contributed by atoms with Gasteiger partial charge in [-0.2, -0.15) is 17.5 Å². The van der Waals surface area contributed by atoms with Gasteiger partial charge in [0.15, 0.2) is 5.65 Å². The molecule has 0 unspecified atom stereocenters. The van der Waals surface area contributed by atoms with Crippen molar-refractivity contribution in [3.05, 3.63) is 53.5 Å². The van der Waals surface area contributed by atoms with Gasteiger partial charge >= 0.3 is 6.18 Å². The molecule has 0 aliphatic carbocycles. The normalized spacial score (nSPS) is 17.0. The standard InChI is InChI=1S/C20H21F3N4O2S/c1-13-5-6-14(2)17(12-13)30(28,29)26-10-7-15(8-11-26)27-18-16(4-3-9-24-18)25-19(27)20(21,22)23/h3-6,9,12,15H,7-8,10-11H2,1-2H3. The molecule has 0 saturated carbocycles. The van der Waals surface area contributed by atoms with Crippen molar-refractivity contribution in [1.82, 2.24) is 18.8 Å². The molecule has 4 rings (SSSR count). The van der Waals surface area contributed by atoms with Gasteiger partial charge in [-0.1, -0.05) is 12.1 Å². The van der Waals surface area contributed by atoms with Crippen molar-refractivity contribution in [2.45, 2.75) is 43.8 Å². The topological polar surface area (TPSA) is 68.1 Å². The van der Waals surface area contributed by atoms with Gasteiger partial charge in [-0.25, -0.2) is 18.4 Å². The predicted octanol–water partition coefficient (Wildman–Crippen LogP) is 4.09. The first-order valence-corrected chi connectivity index (χ1v) is 11.0. The maximum Gasteiger partial charge on any atom is 0.449 e. The van der Waals surface area contributed by atoms with Gasteiger partial charge in [0.25, 0.3) is 0 Å². The van der Waals surface area contributed by atoms with E-state index in [-0.39, 0.29) is 42.0 Å². The van der Waals surface area contributed by atoms with Crippen LogP contribution in [-0.4, -0.2) is 40.3 Å². The number of pyridine rings is 1. The van der Waals surface area contributed by atoms with E-state index in [0.717, 1.165) is 10.1 Å². The molecule has 10 heteroatoms. The second-order valence-electron chi connectivity index (χ2n) is 7.55. The molecule has 0 amide bonds. The quantitative estimate of drug-likeness (QED) is 0.618. The zero-order chi connectivity index (χ0) is 21.7. The van der Waals surface area contributed by atoms with E-state index >= 15 is 0 Å². The van der Waals surface area contributed by atoms with Crippen molar-refractivity contribution in [1.29, 1.82) is 0 Å². The average Bonchev–Trinajstić information content (AvgIpc) is 3.10. The predicted molar refractivity (Wildman–Crippen MR) is 105 cm³/mol. The van der Waals surface area contributed by atoms with E-state index in [0.29, 0.717) is 5.56 Å². The summed E-state index contributed by atoms with van der Waals surface area (Å²) in [5.41, 5.74) is 1.82. The number of aryl methyl sites for hydroxylation is 2. The number of piperidine rings is 1. The van der Waals surface area contributed by atoms with E-state index in [1.54, 1.807) is 25.1 Å². The summed E-state index contributed by atoms with van der Waals surface area (Å²) in [6.07, 6.45) is -2.70. The molecule has 6 nitrogen and oxygen atoms in total. The minimum absolute atomic E-state index is 0.129. The number of sulfonamides is 1. The van der Waals surface area contributed by atoms with E-state index < -0.39 is 28.1 Å². The summed E-state index contributed by atoms with van der Waals surface area (Å²) in [5.74, 6) is -0.993. The molecule has 2 aromatic heterocycles. The van der Waals surface area contributed by atoms with Crippen molar-refractivity contribution >= 4 is 21.2 Å². The molecule has 3 heterocycles. The second kappa shape index (κ2) is 7.35. The zero-order valence-electron chi connectivity index (χ0n) is 16.5. The molecule has 160 valence electrons. The van der Waals surface area contributed by atoms with E-state index in [1.165, 1.54) is 16.6 Å². The van der Waals surface area contributed by atoms with Crippen molar-refractivity contribution in [3.63, 3.8) is 0 Å². The minimum Gasteiger partial charge on any atom is -0.302 e. The number of hydrogen-bond donors (Lipinski definition) is 0. The summed E-state index contributed by atoms with van der Waals surface area (Å²) >= 11 is 0. The Kier molecular flexibility index (Phi) is 5.09. The Morgan fingerprint density at radius 1 is 1.10 bits per heavy atom. The monoisotopic (exact) mass is 438 g/mol. The lowest BCUT2D eigenvalue weighted by Crippen LogP contribution is -2.39. The highest BCUT2D eigenvalue weighted by molar-refractivity contribution is 7.89. The van der Waals surface area contributed by atoms with Crippen LogP contribution in [-0.2, 0) is 16.2 Å². The Hall–Kier alpha value is -2.46. The first-order chi connectivity index (χ1) is 14.1. The summed E-state index contributed by atoms with van der Waals surface area (Å²) in [5, 5.41) is 0. The Balaban J connectivity index is 1.64. The van der Waals surface area contributed by atoms with Crippen molar-refractivity contribution in [2.75, 3.05) is 13.1 Å². The molecule has 0 radical (unpaired) electrons. The molecular formula is C20H21F3N4O2S. The molecule has 0 atom stereocenters. The van der Waals surface area contributed by atoms with Crippen LogP contribution in [0.4, 0.5) is 13.2 Å². The third-order valence-electron chi connectivity index (χ3n) is 5.45. The van der Waals surface area contributed by atoms with Crippen molar-refractivity contribution in [3.8, 4) is 0 Å². The Morgan fingerprint density at radius 2 is 1.80 bits per heavy atom. The van der Waals surface area contributed by atoms with Gasteiger partial charge in [-0.3, -0.25) is 0 Å². The highest BCUT2D eigenvalue weighted by atomic mass is 32.2. The number of benzene rings is 1. The van der Waals surface area contributed by atoms with Gasteiger partial charge in [0.05, 0.1) is 4.90 Å². The summed E-state index contributed by atoms with van der Waals surface area (Å²) in [7, 11) is -3.72. The third-order valence-corrected chi connectivity index (χ3v) is 7.49. The van der Waals surface area contributed by atoms with Crippen LogP contribution in [0.2, 0.25) is 0 Å². The first kappa shape index (κ1) is 20.8. The molecule has 0 spiro atoms. The first-order valence-electron chi connectivity index (χ1n) is 9.56. The summed E-state index contributed by atoms with van der Waals surface area (Å²) in [4.78, 5) is 8.08. The van der Waals surface area contributed by atoms with Gasteiger partial charge < -0.3 is 4.57 Å². The van der Waals surface area contributed by atoms with Crippen LogP contribution in [0.25, 0.3) is 11.2 Å². The molecule has 1 saturated heterocycles. The molecule has 0 bridgehead atoms. The number of rotatable bonds is 3. The molecule has 30 heavy (non-hydrogen) atoms. The molecule has 3 aromatic rings. The molecule has 1 fully saturated rings. The van der Waals surface area contributed by atoms with Crippen LogP contribution >= 0.6 is 0 Å². The number of halogens is 3. The fourth-order valence-corrected chi connectivity index (χ4v) is 5.72. The van der Waals surface area contributed by atoms with E-state index in [9.17, 15) is 21.6 Å². The lowest BCUT2D eigenvalue weighted by molar-refractivity contribution is -0.147. The van der Waals surface area contributed by atoms with Gasteiger partial charge in [-0.05, 0) is 56.0 Å². The van der Waals surface area contributed by atoms with E-state index in [2.05, 4.69) is 9.97 Å². The number of nitrogens with zero attached hydrogens (tertiary/aromatic N) is 4. The Labute approximate surface area is 172 Å². The lowest BCUT2D eigenvalue weighted by atomic mass is 10.1. The van der Waals surface area contributed by atoms with Gasteiger partial charge in [0, 0.05) is 25.3 Å². The van der Waals surface area contributed by atoms with Gasteiger partial charge in [0.1, 0.15) is 5.52 Å². The molecule has 1 aliphatic heterocycles. The molecule has 1 aliphatic rings. The Bertz CT molecular complexity index is 1200. The third kappa shape index (κ3) is 3.58. The molecule has 0 N–H and O–H groups in total. The fourth-order valence-electron chi connectivity index (χ4n) is 3.94. The number of imidazole rings is 1. The second-order valence-corrected chi connectivity index (χ2v) is 9.46. The number of alkyl halides is 3. The van der Waals surface area contributed by atoms with Crippen molar-refractivity contribution < 1.29 is 21.6 Å². The molecular weight excluding hydrogens is 417 g/mol. The maximum atomic E-state index is 13.6. The van der Waals surface area contributed by atoms with Crippen LogP contribution in [0.1, 0.15) is 35.8 Å². The number of aromatic nitrogens is 3. The largest absolute Gasteiger partial charge is 0.449 e. The zero-order valence-corrected chi connectivity index (χ0v) is 17.3. The molecule has 1 aromatic carbocycles. The van der Waals surface area contributed by atoms with Gasteiger partial charge in [-0.15, -0.1) is 0 Å². The summed E-state index contributed by atoms with van der Waals surface area (Å²) in [6.45, 7) is 3.81. The summed E-state index contributed by atoms with van der Waals surface area (Å²) in [6, 6.07) is 7.73. The van der Waals surface area contributed by atoms with Crippen LogP contribution in [0.3, 0.4) is 0 Å². The number of fused-ring (bicyclic) bond motifs is 1. The SMILES string of the molecule is Cc1ccc(C)c(S(=O)(=O)N2CCC(n3c(C(F)(F)F)nc4cccnc43)CC2)c1. The van der Waals surface area contributed by atoms with E-state index in [1.807, 2.05) is 13.0 Å². The van der Waals surface area contributed by atoms with E-state index in [4.69, 9.17) is 0 Å². The smallest absolute Gasteiger partial charge is 0.302 e. The van der Waals surface area contributed by atoms with Crippen LogP contribution in [0.15, 0.2) is 41.4 Å². The van der Waals surface area contributed by atoms with Crippen LogP contribution < -0.4 is 0 Å². The summed E-state index contributed by atoms with van der Waals surface area (Å²) < 4.78 is 69.5. The van der Waals surface area contributed by atoms with Crippen LogP contribution in [0.5, 0.6) is 0 Å². The average molecular weight is 438 g/mol. The van der Waals surface area contributed by atoms with Gasteiger partial charge in [0.2, 0.25) is 15.8 Å². The van der Waals surface area contributed by atoms with Crippen molar-refractivity contribution in [2.24, 2.45) is 0 Å². The van der Waals surface area contributed by atoms with Crippen LogP contribution in [0, 0.1) is 13.8 Å². The maximum absolute atomic E-state index is 13.6. The highest BCUT2D eigenvalue weighted by Crippen LogP contribution is 2.37.